The average molecular weight is 205 g/mol. The molecule has 0 bridgehead atoms. The zero-order valence-electron chi connectivity index (χ0n) is 6.77. The molecule has 0 aliphatic carbocycles. The van der Waals surface area contributed by atoms with Crippen molar-refractivity contribution in [2.45, 2.75) is 19.2 Å². The molecule has 1 rings (SSSR count). The first-order chi connectivity index (χ1) is 6.02. The highest BCUT2D eigenvalue weighted by Crippen LogP contribution is 2.21. The van der Waals surface area contributed by atoms with E-state index in [-0.39, 0.29) is 5.69 Å². The fraction of sp³-hybridized carbons (Fsp3) is 0.429. The lowest BCUT2D eigenvalue weighted by Gasteiger charge is -2.08. The topological polar surface area (TPSA) is 70.4 Å². The molecular weight excluding hydrogens is 197 g/mol. The Morgan fingerprint density at radius 3 is 2.77 bits per heavy atom. The molecular formula is C7H8FNO3S. The number of aromatic nitrogens is 1. The van der Waals surface area contributed by atoms with Crippen LogP contribution in [0.3, 0.4) is 0 Å². The lowest BCUT2D eigenvalue weighted by Crippen LogP contribution is -2.23. The summed E-state index contributed by atoms with van der Waals surface area (Å²) in [6.45, 7) is 1.69. The Bertz CT molecular complexity index is 314. The Balaban J connectivity index is 2.78. The van der Waals surface area contributed by atoms with Crippen molar-refractivity contribution >= 4 is 17.3 Å². The summed E-state index contributed by atoms with van der Waals surface area (Å²) >= 11 is 1.23. The summed E-state index contributed by atoms with van der Waals surface area (Å²) in [6, 6.07) is 0. The van der Waals surface area contributed by atoms with Gasteiger partial charge >= 0.3 is 5.97 Å². The number of thiazole rings is 1. The highest BCUT2D eigenvalue weighted by molar-refractivity contribution is 7.09. The maximum Gasteiger partial charge on any atom is 0.341 e. The summed E-state index contributed by atoms with van der Waals surface area (Å²) in [5, 5.41) is 19.5. The number of halogens is 1. The second-order valence-electron chi connectivity index (χ2n) is 2.48. The van der Waals surface area contributed by atoms with Gasteiger partial charge in [0, 0.05) is 5.38 Å². The molecule has 0 saturated heterocycles. The van der Waals surface area contributed by atoms with Gasteiger partial charge < -0.3 is 10.2 Å². The Morgan fingerprint density at radius 2 is 2.38 bits per heavy atom. The molecule has 0 aliphatic heterocycles. The lowest BCUT2D eigenvalue weighted by atomic mass is 10.2. The van der Waals surface area contributed by atoms with Crippen LogP contribution in [0.5, 0.6) is 0 Å². The van der Waals surface area contributed by atoms with Crippen LogP contribution in [0.15, 0.2) is 5.38 Å². The standard InChI is InChI=1S/C7H8FNO3S/c1-3-9-4(2-13-3)6(10)5(8)7(11)12/h2,5-6,10H,1H3,(H,11,12). The number of alkyl halides is 1. The molecule has 2 atom stereocenters. The molecule has 0 fully saturated rings. The molecule has 0 aromatic carbocycles. The molecule has 13 heavy (non-hydrogen) atoms. The molecule has 1 aromatic rings. The molecule has 2 unspecified atom stereocenters. The number of aliphatic hydroxyl groups is 1. The summed E-state index contributed by atoms with van der Waals surface area (Å²) in [6.07, 6.45) is -4.00. The summed E-state index contributed by atoms with van der Waals surface area (Å²) in [5.41, 5.74) is 0.0670. The zero-order chi connectivity index (χ0) is 10.0. The van der Waals surface area contributed by atoms with Gasteiger partial charge in [-0.25, -0.2) is 14.2 Å². The quantitative estimate of drug-likeness (QED) is 0.769. The number of carboxylic acids is 1. The van der Waals surface area contributed by atoms with Crippen LogP contribution in [0, 0.1) is 6.92 Å². The zero-order valence-corrected chi connectivity index (χ0v) is 7.58. The van der Waals surface area contributed by atoms with Gasteiger partial charge in [-0.2, -0.15) is 0 Å². The largest absolute Gasteiger partial charge is 0.479 e. The van der Waals surface area contributed by atoms with Gasteiger partial charge in [-0.1, -0.05) is 0 Å². The third-order valence-electron chi connectivity index (χ3n) is 1.45. The third kappa shape index (κ3) is 2.22. The van der Waals surface area contributed by atoms with E-state index in [1.165, 1.54) is 16.7 Å². The normalized spacial score (nSPS) is 15.3. The van der Waals surface area contributed by atoms with Crippen LogP contribution in [0.25, 0.3) is 0 Å². The number of hydrogen-bond donors (Lipinski definition) is 2. The number of aryl methyl sites for hydroxylation is 1. The number of hydrogen-bond acceptors (Lipinski definition) is 4. The van der Waals surface area contributed by atoms with Crippen molar-refractivity contribution in [3.63, 3.8) is 0 Å². The van der Waals surface area contributed by atoms with Crippen LogP contribution in [-0.4, -0.2) is 27.3 Å². The van der Waals surface area contributed by atoms with Crippen LogP contribution in [0.4, 0.5) is 4.39 Å². The Labute approximate surface area is 77.7 Å². The maximum absolute atomic E-state index is 12.7. The predicted molar refractivity (Wildman–Crippen MR) is 44.3 cm³/mol. The first-order valence-electron chi connectivity index (χ1n) is 3.49. The van der Waals surface area contributed by atoms with Gasteiger partial charge in [-0.05, 0) is 6.92 Å². The molecule has 0 radical (unpaired) electrons. The number of rotatable bonds is 3. The molecule has 4 nitrogen and oxygen atoms in total. The molecule has 0 saturated carbocycles. The van der Waals surface area contributed by atoms with Crippen molar-refractivity contribution in [3.05, 3.63) is 16.1 Å². The van der Waals surface area contributed by atoms with Crippen molar-refractivity contribution < 1.29 is 19.4 Å². The van der Waals surface area contributed by atoms with Crippen molar-refractivity contribution in [2.24, 2.45) is 0 Å². The summed E-state index contributed by atoms with van der Waals surface area (Å²) < 4.78 is 12.7. The number of carbonyl (C=O) groups is 1. The molecule has 2 N–H and O–H groups in total. The average Bonchev–Trinajstić information content (AvgIpc) is 2.49. The number of carboxylic acid groups (broad SMARTS) is 1. The summed E-state index contributed by atoms with van der Waals surface area (Å²) in [7, 11) is 0. The van der Waals surface area contributed by atoms with Gasteiger partial charge in [-0.15, -0.1) is 11.3 Å². The highest BCUT2D eigenvalue weighted by atomic mass is 32.1. The van der Waals surface area contributed by atoms with Crippen molar-refractivity contribution in [2.75, 3.05) is 0 Å². The summed E-state index contributed by atoms with van der Waals surface area (Å²) in [4.78, 5) is 13.9. The van der Waals surface area contributed by atoms with Crippen LogP contribution < -0.4 is 0 Å². The number of aliphatic hydroxyl groups excluding tert-OH is 1. The van der Waals surface area contributed by atoms with Crippen LogP contribution in [0.1, 0.15) is 16.8 Å². The van der Waals surface area contributed by atoms with Gasteiger partial charge in [0.1, 0.15) is 6.10 Å². The molecule has 6 heteroatoms. The number of nitrogens with zero attached hydrogens (tertiary/aromatic N) is 1. The fourth-order valence-corrected chi connectivity index (χ4v) is 1.44. The van der Waals surface area contributed by atoms with Crippen molar-refractivity contribution in [1.82, 2.24) is 4.98 Å². The Kier molecular flexibility index (Phi) is 2.94. The first kappa shape index (κ1) is 10.1. The molecule has 1 heterocycles. The van der Waals surface area contributed by atoms with E-state index in [4.69, 9.17) is 10.2 Å². The van der Waals surface area contributed by atoms with E-state index in [2.05, 4.69) is 4.98 Å². The minimum atomic E-state index is -2.32. The van der Waals surface area contributed by atoms with E-state index in [0.717, 1.165) is 0 Å². The summed E-state index contributed by atoms with van der Waals surface area (Å²) in [5.74, 6) is -1.68. The van der Waals surface area contributed by atoms with Crippen LogP contribution in [-0.2, 0) is 4.79 Å². The third-order valence-corrected chi connectivity index (χ3v) is 2.24. The van der Waals surface area contributed by atoms with Crippen molar-refractivity contribution in [3.8, 4) is 0 Å². The van der Waals surface area contributed by atoms with Gasteiger partial charge in [0.05, 0.1) is 10.7 Å². The van der Waals surface area contributed by atoms with Gasteiger partial charge in [0.15, 0.2) is 0 Å². The SMILES string of the molecule is Cc1nc(C(O)C(F)C(=O)O)cs1. The maximum atomic E-state index is 12.7. The minimum absolute atomic E-state index is 0.0670. The van der Waals surface area contributed by atoms with E-state index in [0.29, 0.717) is 5.01 Å². The Morgan fingerprint density at radius 1 is 1.77 bits per heavy atom. The Hall–Kier alpha value is -1.01. The smallest absolute Gasteiger partial charge is 0.341 e. The second kappa shape index (κ2) is 3.80. The molecule has 0 amide bonds. The second-order valence-corrected chi connectivity index (χ2v) is 3.54. The van der Waals surface area contributed by atoms with Gasteiger partial charge in [0.2, 0.25) is 6.17 Å². The van der Waals surface area contributed by atoms with Crippen molar-refractivity contribution in [1.29, 1.82) is 0 Å². The molecule has 1 aromatic heterocycles. The first-order valence-corrected chi connectivity index (χ1v) is 4.37. The van der Waals surface area contributed by atoms with E-state index in [9.17, 15) is 9.18 Å². The van der Waals surface area contributed by atoms with E-state index in [1.807, 2.05) is 0 Å². The molecule has 72 valence electrons. The van der Waals surface area contributed by atoms with Gasteiger partial charge in [0.25, 0.3) is 0 Å². The van der Waals surface area contributed by atoms with Gasteiger partial charge in [-0.3, -0.25) is 0 Å². The van der Waals surface area contributed by atoms with Crippen LogP contribution >= 0.6 is 11.3 Å². The van der Waals surface area contributed by atoms with E-state index in [1.54, 1.807) is 6.92 Å². The fourth-order valence-electron chi connectivity index (χ4n) is 0.801. The minimum Gasteiger partial charge on any atom is -0.479 e. The van der Waals surface area contributed by atoms with E-state index >= 15 is 0 Å². The number of aliphatic carboxylic acids is 1. The molecule has 0 spiro atoms. The predicted octanol–water partition coefficient (Wildman–Crippen LogP) is 0.908. The van der Waals surface area contributed by atoms with E-state index < -0.39 is 18.2 Å². The molecule has 0 aliphatic rings. The van der Waals surface area contributed by atoms with Crippen LogP contribution in [0.2, 0.25) is 0 Å². The highest BCUT2D eigenvalue weighted by Gasteiger charge is 2.28. The monoisotopic (exact) mass is 205 g/mol. The lowest BCUT2D eigenvalue weighted by molar-refractivity contribution is -0.147.